The summed E-state index contributed by atoms with van der Waals surface area (Å²) in [5, 5.41) is 13.2. The molecule has 1 unspecified atom stereocenters. The van der Waals surface area contributed by atoms with Crippen LogP contribution in [-0.2, 0) is 12.6 Å². The number of halogens is 4. The molecule has 1 fully saturated rings. The molecule has 6 heteroatoms. The van der Waals surface area contributed by atoms with Crippen LogP contribution in [0.4, 0.5) is 13.2 Å². The number of rotatable bonds is 2. The minimum atomic E-state index is -4.46. The molecular formula is C12H13ClF3NO. The highest BCUT2D eigenvalue weighted by atomic mass is 35.5. The third-order valence-electron chi connectivity index (χ3n) is 3.15. The highest BCUT2D eigenvalue weighted by molar-refractivity contribution is 6.31. The second-order valence-electron chi connectivity index (χ2n) is 4.59. The Labute approximate surface area is 108 Å². The Morgan fingerprint density at radius 1 is 1.39 bits per heavy atom. The Balaban J connectivity index is 2.37. The molecule has 1 aliphatic rings. The smallest absolute Gasteiger partial charge is 0.388 e. The third kappa shape index (κ3) is 2.79. The van der Waals surface area contributed by atoms with E-state index in [4.69, 9.17) is 11.6 Å². The van der Waals surface area contributed by atoms with Gasteiger partial charge in [0.05, 0.1) is 11.2 Å². The summed E-state index contributed by atoms with van der Waals surface area (Å²) in [5.74, 6) is 0. The minimum absolute atomic E-state index is 0.0298. The van der Waals surface area contributed by atoms with E-state index in [1.165, 1.54) is 12.1 Å². The van der Waals surface area contributed by atoms with Crippen LogP contribution in [0.3, 0.4) is 0 Å². The maximum Gasteiger partial charge on any atom is 0.416 e. The van der Waals surface area contributed by atoms with Crippen LogP contribution in [-0.4, -0.2) is 23.8 Å². The fourth-order valence-corrected chi connectivity index (χ4v) is 2.46. The van der Waals surface area contributed by atoms with E-state index in [9.17, 15) is 18.3 Å². The molecule has 1 aromatic rings. The molecule has 1 heterocycles. The van der Waals surface area contributed by atoms with Crippen molar-refractivity contribution in [3.63, 3.8) is 0 Å². The second-order valence-corrected chi connectivity index (χ2v) is 5.00. The van der Waals surface area contributed by atoms with Crippen molar-refractivity contribution >= 4 is 11.6 Å². The van der Waals surface area contributed by atoms with E-state index in [1.54, 1.807) is 0 Å². The maximum absolute atomic E-state index is 12.9. The monoisotopic (exact) mass is 279 g/mol. The summed E-state index contributed by atoms with van der Waals surface area (Å²) in [6, 6.07) is 3.68. The number of hydrogen-bond donors (Lipinski definition) is 2. The van der Waals surface area contributed by atoms with Crippen molar-refractivity contribution in [3.8, 4) is 0 Å². The lowest BCUT2D eigenvalue weighted by atomic mass is 9.91. The van der Waals surface area contributed by atoms with E-state index in [0.29, 0.717) is 13.0 Å². The maximum atomic E-state index is 12.9. The molecule has 0 aliphatic carbocycles. The SMILES string of the molecule is OC1(Cc2c(Cl)cccc2C(F)(F)F)CCNC1. The van der Waals surface area contributed by atoms with Crippen molar-refractivity contribution in [3.05, 3.63) is 34.3 Å². The minimum Gasteiger partial charge on any atom is -0.388 e. The molecule has 18 heavy (non-hydrogen) atoms. The number of alkyl halides is 3. The first-order valence-corrected chi connectivity index (χ1v) is 5.97. The zero-order valence-corrected chi connectivity index (χ0v) is 10.3. The summed E-state index contributed by atoms with van der Waals surface area (Å²) in [7, 11) is 0. The van der Waals surface area contributed by atoms with Crippen molar-refractivity contribution in [2.75, 3.05) is 13.1 Å². The van der Waals surface area contributed by atoms with E-state index in [2.05, 4.69) is 5.32 Å². The number of nitrogens with one attached hydrogen (secondary N) is 1. The van der Waals surface area contributed by atoms with E-state index in [1.807, 2.05) is 0 Å². The molecule has 1 aliphatic heterocycles. The molecule has 1 atom stereocenters. The van der Waals surface area contributed by atoms with Crippen molar-refractivity contribution in [2.45, 2.75) is 24.6 Å². The van der Waals surface area contributed by atoms with Crippen molar-refractivity contribution in [2.24, 2.45) is 0 Å². The molecule has 0 saturated carbocycles. The molecule has 0 amide bonds. The van der Waals surface area contributed by atoms with Crippen LogP contribution < -0.4 is 5.32 Å². The van der Waals surface area contributed by atoms with Crippen LogP contribution >= 0.6 is 11.6 Å². The first-order chi connectivity index (χ1) is 8.32. The van der Waals surface area contributed by atoms with Crippen LogP contribution in [0.2, 0.25) is 5.02 Å². The first kappa shape index (κ1) is 13.6. The number of aliphatic hydroxyl groups is 1. The number of benzene rings is 1. The average molecular weight is 280 g/mol. The van der Waals surface area contributed by atoms with E-state index >= 15 is 0 Å². The fraction of sp³-hybridized carbons (Fsp3) is 0.500. The van der Waals surface area contributed by atoms with Gasteiger partial charge in [-0.15, -0.1) is 0 Å². The van der Waals surface area contributed by atoms with Gasteiger partial charge in [-0.05, 0) is 30.7 Å². The molecule has 2 nitrogen and oxygen atoms in total. The molecule has 1 saturated heterocycles. The topological polar surface area (TPSA) is 32.3 Å². The summed E-state index contributed by atoms with van der Waals surface area (Å²) in [5.41, 5.74) is -1.95. The highest BCUT2D eigenvalue weighted by Crippen LogP contribution is 2.37. The van der Waals surface area contributed by atoms with Crippen LogP contribution in [0, 0.1) is 0 Å². The summed E-state index contributed by atoms with van der Waals surface area (Å²) >= 11 is 5.84. The summed E-state index contributed by atoms with van der Waals surface area (Å²) in [6.07, 6.45) is -4.12. The largest absolute Gasteiger partial charge is 0.416 e. The molecule has 1 aromatic carbocycles. The molecular weight excluding hydrogens is 267 g/mol. The normalized spacial score (nSPS) is 24.5. The quantitative estimate of drug-likeness (QED) is 0.872. The van der Waals surface area contributed by atoms with Gasteiger partial charge in [0.25, 0.3) is 0 Å². The van der Waals surface area contributed by atoms with Crippen LogP contribution in [0.1, 0.15) is 17.5 Å². The summed E-state index contributed by atoms with van der Waals surface area (Å²) in [6.45, 7) is 0.887. The molecule has 2 N–H and O–H groups in total. The predicted molar refractivity (Wildman–Crippen MR) is 62.6 cm³/mol. The van der Waals surface area contributed by atoms with Gasteiger partial charge < -0.3 is 10.4 Å². The van der Waals surface area contributed by atoms with Crippen molar-refractivity contribution in [1.82, 2.24) is 5.32 Å². The van der Waals surface area contributed by atoms with Crippen LogP contribution in [0.15, 0.2) is 18.2 Å². The Morgan fingerprint density at radius 3 is 2.67 bits per heavy atom. The standard InChI is InChI=1S/C12H13ClF3NO/c13-10-3-1-2-9(12(14,15)16)8(10)6-11(18)4-5-17-7-11/h1-3,17-18H,4-7H2. The van der Waals surface area contributed by atoms with Crippen molar-refractivity contribution in [1.29, 1.82) is 0 Å². The van der Waals surface area contributed by atoms with Crippen LogP contribution in [0.25, 0.3) is 0 Å². The van der Waals surface area contributed by atoms with Gasteiger partial charge in [-0.3, -0.25) is 0 Å². The molecule has 0 spiro atoms. The Morgan fingerprint density at radius 2 is 2.11 bits per heavy atom. The Hall–Kier alpha value is -0.780. The van der Waals surface area contributed by atoms with Gasteiger partial charge >= 0.3 is 6.18 Å². The van der Waals surface area contributed by atoms with Gasteiger partial charge in [-0.25, -0.2) is 0 Å². The molecule has 0 bridgehead atoms. The predicted octanol–water partition coefficient (Wildman–Crippen LogP) is 2.63. The van der Waals surface area contributed by atoms with Gasteiger partial charge in [0.1, 0.15) is 0 Å². The zero-order chi connectivity index (χ0) is 13.4. The third-order valence-corrected chi connectivity index (χ3v) is 3.51. The molecule has 0 aromatic heterocycles. The fourth-order valence-electron chi connectivity index (χ4n) is 2.21. The Kier molecular flexibility index (Phi) is 3.58. The van der Waals surface area contributed by atoms with Gasteiger partial charge in [0.2, 0.25) is 0 Å². The lowest BCUT2D eigenvalue weighted by Crippen LogP contribution is -2.34. The lowest BCUT2D eigenvalue weighted by molar-refractivity contribution is -0.138. The number of β-amino-alcohol motifs (C(OH)–C–C–N with tert-alkyl or cyclic N) is 1. The highest BCUT2D eigenvalue weighted by Gasteiger charge is 2.38. The van der Waals surface area contributed by atoms with Crippen LogP contribution in [0.5, 0.6) is 0 Å². The van der Waals surface area contributed by atoms with Crippen molar-refractivity contribution < 1.29 is 18.3 Å². The second kappa shape index (κ2) is 4.72. The van der Waals surface area contributed by atoms with Gasteiger partial charge in [-0.1, -0.05) is 17.7 Å². The summed E-state index contributed by atoms with van der Waals surface area (Å²) < 4.78 is 38.6. The first-order valence-electron chi connectivity index (χ1n) is 5.59. The molecule has 0 radical (unpaired) electrons. The van der Waals surface area contributed by atoms with E-state index in [-0.39, 0.29) is 23.6 Å². The average Bonchev–Trinajstić information content (AvgIpc) is 2.67. The van der Waals surface area contributed by atoms with E-state index in [0.717, 1.165) is 6.07 Å². The van der Waals surface area contributed by atoms with E-state index < -0.39 is 17.3 Å². The lowest BCUT2D eigenvalue weighted by Gasteiger charge is -2.24. The molecule has 100 valence electrons. The number of hydrogen-bond acceptors (Lipinski definition) is 2. The Bertz CT molecular complexity index is 441. The zero-order valence-electron chi connectivity index (χ0n) is 9.52. The molecule has 2 rings (SSSR count). The summed E-state index contributed by atoms with van der Waals surface area (Å²) in [4.78, 5) is 0. The van der Waals surface area contributed by atoms with Gasteiger partial charge in [-0.2, -0.15) is 13.2 Å². The van der Waals surface area contributed by atoms with Gasteiger partial charge in [0, 0.05) is 18.0 Å². The van der Waals surface area contributed by atoms with Gasteiger partial charge in [0.15, 0.2) is 0 Å².